The predicted octanol–water partition coefficient (Wildman–Crippen LogP) is 1.42. The van der Waals surface area contributed by atoms with E-state index >= 15 is 0 Å². The van der Waals surface area contributed by atoms with Crippen molar-refractivity contribution in [3.63, 3.8) is 0 Å². The molecule has 14 heavy (non-hydrogen) atoms. The van der Waals surface area contributed by atoms with Gasteiger partial charge in [-0.15, -0.1) is 0 Å². The minimum atomic E-state index is -4.89. The Morgan fingerprint density at radius 1 is 1.43 bits per heavy atom. The number of rotatable bonds is 3. The van der Waals surface area contributed by atoms with E-state index in [1.807, 2.05) is 6.92 Å². The average Bonchev–Trinajstić information content (AvgIpc) is 2.29. The molecule has 0 spiro atoms. The molecule has 0 aromatic heterocycles. The van der Waals surface area contributed by atoms with Gasteiger partial charge in [-0.1, -0.05) is 17.7 Å². The van der Waals surface area contributed by atoms with E-state index in [9.17, 15) is 12.3 Å². The minimum absolute atomic E-state index is 0.0586. The summed E-state index contributed by atoms with van der Waals surface area (Å²) in [5.74, 6) is -0.111. The van der Waals surface area contributed by atoms with Crippen molar-refractivity contribution in [3.8, 4) is 0 Å². The van der Waals surface area contributed by atoms with Gasteiger partial charge in [0.2, 0.25) is 0 Å². The molecule has 1 saturated heterocycles. The summed E-state index contributed by atoms with van der Waals surface area (Å²) < 4.78 is 42.7. The zero-order valence-electron chi connectivity index (χ0n) is 8.44. The van der Waals surface area contributed by atoms with Gasteiger partial charge in [-0.2, -0.15) is 8.42 Å². The highest BCUT2D eigenvalue weighted by Crippen LogP contribution is 2.31. The molecule has 6 heteroatoms. The molecule has 0 saturated carbocycles. The van der Waals surface area contributed by atoms with E-state index in [1.54, 1.807) is 13.8 Å². The molecule has 1 rings (SSSR count). The molecule has 0 radical (unpaired) electrons. The van der Waals surface area contributed by atoms with Crippen LogP contribution in [-0.2, 0) is 19.4 Å². The van der Waals surface area contributed by atoms with Crippen molar-refractivity contribution >= 4 is 10.5 Å². The predicted molar refractivity (Wildman–Crippen MR) is 48.7 cm³/mol. The largest absolute Gasteiger partial charge is 0.437 e. The van der Waals surface area contributed by atoms with Crippen LogP contribution in [0.2, 0.25) is 0 Å². The smallest absolute Gasteiger partial charge is 0.372 e. The molecule has 0 aliphatic carbocycles. The highest BCUT2D eigenvalue weighted by atomic mass is 32.3. The molecule has 1 heterocycles. The number of hydrogen-bond donors (Lipinski definition) is 0. The summed E-state index contributed by atoms with van der Waals surface area (Å²) in [6.45, 7) is 5.41. The van der Waals surface area contributed by atoms with Gasteiger partial charge in [0.05, 0.1) is 12.2 Å². The monoisotopic (exact) mass is 226 g/mol. The maximum absolute atomic E-state index is 12.3. The van der Waals surface area contributed by atoms with Gasteiger partial charge in [0, 0.05) is 5.92 Å². The third kappa shape index (κ3) is 2.65. The molecule has 0 aromatic rings. The van der Waals surface area contributed by atoms with Crippen LogP contribution in [0.5, 0.6) is 0 Å². The van der Waals surface area contributed by atoms with Gasteiger partial charge < -0.3 is 4.74 Å². The van der Waals surface area contributed by atoms with Crippen molar-refractivity contribution in [1.29, 1.82) is 0 Å². The molecule has 0 bridgehead atoms. The topological polar surface area (TPSA) is 52.6 Å². The van der Waals surface area contributed by atoms with Crippen LogP contribution < -0.4 is 0 Å². The fraction of sp³-hybridized carbons (Fsp3) is 1.00. The Morgan fingerprint density at radius 3 is 2.36 bits per heavy atom. The Morgan fingerprint density at radius 2 is 2.00 bits per heavy atom. The molecular weight excluding hydrogens is 211 g/mol. The first-order valence-corrected chi connectivity index (χ1v) is 5.94. The Labute approximate surface area is 83.8 Å². The van der Waals surface area contributed by atoms with Gasteiger partial charge in [0.1, 0.15) is 6.10 Å². The summed E-state index contributed by atoms with van der Waals surface area (Å²) in [6.07, 6.45) is -0.398. The number of ether oxygens (including phenoxy) is 1. The van der Waals surface area contributed by atoms with Crippen LogP contribution in [0.4, 0.5) is 3.89 Å². The van der Waals surface area contributed by atoms with Crippen LogP contribution in [0.3, 0.4) is 0 Å². The number of halogens is 1. The maximum atomic E-state index is 12.3. The summed E-state index contributed by atoms with van der Waals surface area (Å²) >= 11 is 0. The van der Waals surface area contributed by atoms with Crippen LogP contribution in [-0.4, -0.2) is 26.7 Å². The van der Waals surface area contributed by atoms with Crippen molar-refractivity contribution in [3.05, 3.63) is 0 Å². The van der Waals surface area contributed by atoms with Crippen molar-refractivity contribution in [1.82, 2.24) is 0 Å². The SMILES string of the molecule is CCC1OC(C)C(OS(=O)(=O)F)C1C. The third-order valence-corrected chi connectivity index (χ3v) is 3.04. The first kappa shape index (κ1) is 11.9. The molecule has 4 nitrogen and oxygen atoms in total. The van der Waals surface area contributed by atoms with E-state index in [1.165, 1.54) is 0 Å². The van der Waals surface area contributed by atoms with E-state index in [0.29, 0.717) is 0 Å². The molecule has 1 aliphatic rings. The second-order valence-corrected chi connectivity index (χ2v) is 4.58. The Kier molecular flexibility index (Phi) is 3.49. The Balaban J connectivity index is 2.70. The van der Waals surface area contributed by atoms with Gasteiger partial charge in [0.25, 0.3) is 0 Å². The fourth-order valence-corrected chi connectivity index (χ4v) is 2.48. The van der Waals surface area contributed by atoms with Crippen LogP contribution in [0, 0.1) is 5.92 Å². The lowest BCUT2D eigenvalue weighted by atomic mass is 9.98. The van der Waals surface area contributed by atoms with Crippen LogP contribution >= 0.6 is 0 Å². The molecule has 1 aliphatic heterocycles. The highest BCUT2D eigenvalue weighted by molar-refractivity contribution is 7.81. The standard InChI is InChI=1S/C8H15FO4S/c1-4-7-5(2)8(6(3)12-7)13-14(9,10)11/h5-8H,4H2,1-3H3. The maximum Gasteiger partial charge on any atom is 0.437 e. The molecule has 0 aromatic carbocycles. The fourth-order valence-electron chi connectivity index (χ4n) is 1.88. The van der Waals surface area contributed by atoms with Crippen molar-refractivity contribution in [2.75, 3.05) is 0 Å². The average molecular weight is 226 g/mol. The number of hydrogen-bond acceptors (Lipinski definition) is 4. The van der Waals surface area contributed by atoms with Crippen LogP contribution in [0.25, 0.3) is 0 Å². The van der Waals surface area contributed by atoms with E-state index in [4.69, 9.17) is 4.74 Å². The Bertz CT molecular complexity index is 290. The van der Waals surface area contributed by atoms with Gasteiger partial charge >= 0.3 is 10.5 Å². The molecule has 0 amide bonds. The lowest BCUT2D eigenvalue weighted by molar-refractivity contribution is 0.0264. The van der Waals surface area contributed by atoms with Crippen molar-refractivity contribution in [2.24, 2.45) is 5.92 Å². The Hall–Kier alpha value is -0.200. The van der Waals surface area contributed by atoms with Gasteiger partial charge in [-0.25, -0.2) is 4.18 Å². The zero-order valence-corrected chi connectivity index (χ0v) is 9.25. The highest BCUT2D eigenvalue weighted by Gasteiger charge is 2.41. The summed E-state index contributed by atoms with van der Waals surface area (Å²) in [4.78, 5) is 0. The zero-order chi connectivity index (χ0) is 10.9. The van der Waals surface area contributed by atoms with Crippen molar-refractivity contribution in [2.45, 2.75) is 45.5 Å². The van der Waals surface area contributed by atoms with E-state index in [-0.39, 0.29) is 18.1 Å². The quantitative estimate of drug-likeness (QED) is 0.683. The van der Waals surface area contributed by atoms with Gasteiger partial charge in [-0.3, -0.25) is 0 Å². The van der Waals surface area contributed by atoms with E-state index in [0.717, 1.165) is 6.42 Å². The van der Waals surface area contributed by atoms with E-state index in [2.05, 4.69) is 4.18 Å². The lowest BCUT2D eigenvalue weighted by Gasteiger charge is -2.16. The third-order valence-electron chi connectivity index (χ3n) is 2.59. The minimum Gasteiger partial charge on any atom is -0.372 e. The first-order chi connectivity index (χ1) is 6.35. The summed E-state index contributed by atoms with van der Waals surface area (Å²) in [6, 6.07) is 0. The summed E-state index contributed by atoms with van der Waals surface area (Å²) in [7, 11) is -4.89. The van der Waals surface area contributed by atoms with Gasteiger partial charge in [-0.05, 0) is 13.3 Å². The molecule has 4 unspecified atom stereocenters. The molecule has 0 N–H and O–H groups in total. The van der Waals surface area contributed by atoms with Gasteiger partial charge in [0.15, 0.2) is 0 Å². The second-order valence-electron chi connectivity index (χ2n) is 3.60. The molecule has 1 fully saturated rings. The molecule has 4 atom stereocenters. The molecule has 84 valence electrons. The first-order valence-electron chi connectivity index (χ1n) is 4.63. The van der Waals surface area contributed by atoms with Crippen LogP contribution in [0.15, 0.2) is 0 Å². The molecular formula is C8H15FO4S. The van der Waals surface area contributed by atoms with E-state index < -0.39 is 16.6 Å². The van der Waals surface area contributed by atoms with Crippen LogP contribution in [0.1, 0.15) is 27.2 Å². The lowest BCUT2D eigenvalue weighted by Crippen LogP contribution is -2.28. The summed E-state index contributed by atoms with van der Waals surface area (Å²) in [5, 5.41) is 0. The summed E-state index contributed by atoms with van der Waals surface area (Å²) in [5.41, 5.74) is 0. The van der Waals surface area contributed by atoms with Crippen molar-refractivity contribution < 1.29 is 21.2 Å². The second kappa shape index (κ2) is 4.12. The normalized spacial score (nSPS) is 38.9.